The molecule has 0 bridgehead atoms. The molecule has 2 fully saturated rings. The molecule has 0 spiro atoms. The molecule has 2 aliphatic rings. The van der Waals surface area contributed by atoms with Crippen molar-refractivity contribution in [1.29, 1.82) is 0 Å². The van der Waals surface area contributed by atoms with Gasteiger partial charge in [0.2, 0.25) is 0 Å². The smallest absolute Gasteiger partial charge is 0.295 e. The zero-order valence-corrected chi connectivity index (χ0v) is 19.1. The second kappa shape index (κ2) is 9.53. The molecule has 1 N–H and O–H groups in total. The van der Waals surface area contributed by atoms with Crippen molar-refractivity contribution in [3.8, 4) is 0 Å². The molecule has 2 aromatic rings. The fourth-order valence-electron chi connectivity index (χ4n) is 3.97. The van der Waals surface area contributed by atoms with E-state index in [1.165, 1.54) is 0 Å². The lowest BCUT2D eigenvalue weighted by molar-refractivity contribution is -0.140. The van der Waals surface area contributed by atoms with E-state index in [1.54, 1.807) is 29.2 Å². The monoisotopic (exact) mass is 504 g/mol. The van der Waals surface area contributed by atoms with E-state index in [1.807, 2.05) is 24.3 Å². The number of amides is 1. The molecule has 0 saturated carbocycles. The van der Waals surface area contributed by atoms with E-state index in [2.05, 4.69) is 20.8 Å². The number of rotatable bonds is 5. The van der Waals surface area contributed by atoms with Gasteiger partial charge in [0.15, 0.2) is 0 Å². The zero-order chi connectivity index (χ0) is 22.0. The Bertz CT molecular complexity index is 1020. The molecule has 31 heavy (non-hydrogen) atoms. The first-order valence-electron chi connectivity index (χ1n) is 10.1. The molecule has 2 saturated heterocycles. The van der Waals surface area contributed by atoms with Crippen molar-refractivity contribution in [2.45, 2.75) is 6.04 Å². The first-order chi connectivity index (χ1) is 15.0. The quantitative estimate of drug-likeness (QED) is 0.380. The van der Waals surface area contributed by atoms with Crippen molar-refractivity contribution in [2.75, 3.05) is 39.4 Å². The number of hydrogen-bond donors (Lipinski definition) is 1. The molecule has 8 heteroatoms. The third-order valence-corrected chi connectivity index (χ3v) is 6.33. The van der Waals surface area contributed by atoms with Crippen molar-refractivity contribution >= 4 is 45.0 Å². The number of ether oxygens (including phenoxy) is 1. The second-order valence-electron chi connectivity index (χ2n) is 7.51. The molecule has 0 aromatic heterocycles. The molecule has 2 aromatic carbocycles. The van der Waals surface area contributed by atoms with Crippen LogP contribution in [0.25, 0.3) is 5.76 Å². The molecule has 0 radical (unpaired) electrons. The van der Waals surface area contributed by atoms with Crippen LogP contribution in [-0.2, 0) is 14.3 Å². The lowest BCUT2D eigenvalue weighted by atomic mass is 9.95. The summed E-state index contributed by atoms with van der Waals surface area (Å²) in [6, 6.07) is 13.3. The van der Waals surface area contributed by atoms with Gasteiger partial charge in [-0.25, -0.2) is 0 Å². The molecule has 1 atom stereocenters. The molecule has 2 aliphatic heterocycles. The van der Waals surface area contributed by atoms with E-state index in [0.29, 0.717) is 36.9 Å². The Morgan fingerprint density at radius 1 is 1.10 bits per heavy atom. The summed E-state index contributed by atoms with van der Waals surface area (Å²) < 4.78 is 6.22. The molecule has 162 valence electrons. The van der Waals surface area contributed by atoms with E-state index in [9.17, 15) is 14.7 Å². The average molecular weight is 506 g/mol. The van der Waals surface area contributed by atoms with E-state index in [4.69, 9.17) is 16.3 Å². The van der Waals surface area contributed by atoms with E-state index in [0.717, 1.165) is 23.1 Å². The van der Waals surface area contributed by atoms with Crippen LogP contribution >= 0.6 is 27.5 Å². The Hall–Kier alpha value is -2.19. The van der Waals surface area contributed by atoms with Gasteiger partial charge in [-0.2, -0.15) is 0 Å². The highest BCUT2D eigenvalue weighted by atomic mass is 79.9. The maximum absolute atomic E-state index is 13.0. The largest absolute Gasteiger partial charge is 0.507 e. The number of hydrogen-bond acceptors (Lipinski definition) is 5. The van der Waals surface area contributed by atoms with Crippen LogP contribution in [-0.4, -0.2) is 66.0 Å². The Morgan fingerprint density at radius 2 is 1.81 bits per heavy atom. The number of ketones is 1. The van der Waals surface area contributed by atoms with E-state index < -0.39 is 17.7 Å². The number of Topliss-reactive ketones (excluding diaryl/α,β-unsaturated/α-hetero) is 1. The number of morpholine rings is 1. The predicted octanol–water partition coefficient (Wildman–Crippen LogP) is 3.86. The minimum atomic E-state index is -0.681. The van der Waals surface area contributed by atoms with Gasteiger partial charge in [0.05, 0.1) is 24.8 Å². The van der Waals surface area contributed by atoms with Gasteiger partial charge in [-0.15, -0.1) is 0 Å². The SMILES string of the molecule is O=C1C(=O)N(CCN2CCOCC2)[C@H](c2cccc(Br)c2)/C1=C(\O)c1ccc(Cl)cc1. The Labute approximate surface area is 194 Å². The number of nitrogens with zero attached hydrogens (tertiary/aromatic N) is 2. The van der Waals surface area contributed by atoms with Gasteiger partial charge in [-0.05, 0) is 42.0 Å². The summed E-state index contributed by atoms with van der Waals surface area (Å²) in [6.45, 7) is 3.89. The number of aliphatic hydroxyl groups is 1. The lowest BCUT2D eigenvalue weighted by Crippen LogP contribution is -2.42. The Kier molecular flexibility index (Phi) is 6.77. The molecular formula is C23H22BrClN2O4. The van der Waals surface area contributed by atoms with Crippen molar-refractivity contribution in [1.82, 2.24) is 9.80 Å². The van der Waals surface area contributed by atoms with E-state index >= 15 is 0 Å². The summed E-state index contributed by atoms with van der Waals surface area (Å²) in [5.74, 6) is -1.48. The molecular weight excluding hydrogens is 484 g/mol. The standard InChI is InChI=1S/C23H22BrClN2O4/c24-17-3-1-2-16(14-17)20-19(21(28)15-4-6-18(25)7-5-15)22(29)23(30)27(20)9-8-26-10-12-31-13-11-26/h1-7,14,20,28H,8-13H2/b21-19+/t20-/m1/s1. The van der Waals surface area contributed by atoms with Gasteiger partial charge < -0.3 is 14.7 Å². The zero-order valence-electron chi connectivity index (χ0n) is 16.8. The van der Waals surface area contributed by atoms with Crippen molar-refractivity contribution in [2.24, 2.45) is 0 Å². The molecule has 0 unspecified atom stereocenters. The summed E-state index contributed by atoms with van der Waals surface area (Å²) in [7, 11) is 0. The third kappa shape index (κ3) is 4.70. The lowest BCUT2D eigenvalue weighted by Gasteiger charge is -2.31. The topological polar surface area (TPSA) is 70.1 Å². The molecule has 4 rings (SSSR count). The van der Waals surface area contributed by atoms with Gasteiger partial charge in [-0.1, -0.05) is 39.7 Å². The van der Waals surface area contributed by atoms with Crippen LogP contribution in [0.15, 0.2) is 58.6 Å². The second-order valence-corrected chi connectivity index (χ2v) is 8.86. The van der Waals surface area contributed by atoms with Gasteiger partial charge >= 0.3 is 0 Å². The first-order valence-corrected chi connectivity index (χ1v) is 11.2. The van der Waals surface area contributed by atoms with Crippen LogP contribution < -0.4 is 0 Å². The Morgan fingerprint density at radius 3 is 2.48 bits per heavy atom. The van der Waals surface area contributed by atoms with Crippen molar-refractivity contribution in [3.05, 3.63) is 74.7 Å². The minimum absolute atomic E-state index is 0.0902. The van der Waals surface area contributed by atoms with Crippen LogP contribution in [0.4, 0.5) is 0 Å². The van der Waals surface area contributed by atoms with Crippen molar-refractivity contribution < 1.29 is 19.4 Å². The van der Waals surface area contributed by atoms with Crippen LogP contribution in [0.1, 0.15) is 17.2 Å². The van der Waals surface area contributed by atoms with Crippen LogP contribution in [0.2, 0.25) is 5.02 Å². The molecule has 6 nitrogen and oxygen atoms in total. The number of halogens is 2. The third-order valence-electron chi connectivity index (χ3n) is 5.58. The minimum Gasteiger partial charge on any atom is -0.507 e. The highest BCUT2D eigenvalue weighted by Crippen LogP contribution is 2.40. The molecule has 2 heterocycles. The number of aliphatic hydroxyl groups excluding tert-OH is 1. The summed E-state index contributed by atoms with van der Waals surface area (Å²) in [6.07, 6.45) is 0. The first kappa shape index (κ1) is 22.0. The predicted molar refractivity (Wildman–Crippen MR) is 122 cm³/mol. The number of likely N-dealkylation sites (tertiary alicyclic amines) is 1. The van der Waals surface area contributed by atoms with E-state index in [-0.39, 0.29) is 11.3 Å². The van der Waals surface area contributed by atoms with Gasteiger partial charge in [0.25, 0.3) is 11.7 Å². The number of carbonyl (C=O) groups excluding carboxylic acids is 2. The van der Waals surface area contributed by atoms with Crippen LogP contribution in [0.5, 0.6) is 0 Å². The fourth-order valence-corrected chi connectivity index (χ4v) is 4.51. The maximum Gasteiger partial charge on any atom is 0.295 e. The maximum atomic E-state index is 13.0. The van der Waals surface area contributed by atoms with Crippen LogP contribution in [0.3, 0.4) is 0 Å². The molecule has 0 aliphatic carbocycles. The summed E-state index contributed by atoms with van der Waals surface area (Å²) in [5, 5.41) is 11.6. The average Bonchev–Trinajstić information content (AvgIpc) is 3.03. The summed E-state index contributed by atoms with van der Waals surface area (Å²) >= 11 is 9.43. The van der Waals surface area contributed by atoms with Gasteiger partial charge in [0.1, 0.15) is 5.76 Å². The normalized spacial score (nSPS) is 21.6. The van der Waals surface area contributed by atoms with Crippen LogP contribution in [0, 0.1) is 0 Å². The highest BCUT2D eigenvalue weighted by molar-refractivity contribution is 9.10. The number of benzene rings is 2. The van der Waals surface area contributed by atoms with Gasteiger partial charge in [-0.3, -0.25) is 14.5 Å². The summed E-state index contributed by atoms with van der Waals surface area (Å²) in [5.41, 5.74) is 1.29. The highest BCUT2D eigenvalue weighted by Gasteiger charge is 2.46. The Balaban J connectivity index is 1.73. The molecule has 1 amide bonds. The fraction of sp³-hybridized carbons (Fsp3) is 0.304. The number of carbonyl (C=O) groups is 2. The van der Waals surface area contributed by atoms with Gasteiger partial charge in [0, 0.05) is 41.2 Å². The summed E-state index contributed by atoms with van der Waals surface area (Å²) in [4.78, 5) is 29.8. The van der Waals surface area contributed by atoms with Crippen molar-refractivity contribution in [3.63, 3.8) is 0 Å².